The first-order chi connectivity index (χ1) is 9.08. The highest BCUT2D eigenvalue weighted by atomic mass is 35.5. The minimum atomic E-state index is -0.448. The molecule has 3 rings (SSSR count). The topological polar surface area (TPSA) is 116 Å². The Morgan fingerprint density at radius 1 is 1.32 bits per heavy atom. The smallest absolute Gasteiger partial charge is 0.292 e. The molecule has 0 fully saturated rings. The van der Waals surface area contributed by atoms with Crippen molar-refractivity contribution in [3.8, 4) is 5.69 Å². The molecule has 8 heteroatoms. The van der Waals surface area contributed by atoms with Crippen molar-refractivity contribution in [1.29, 1.82) is 0 Å². The number of rotatable bonds is 1. The van der Waals surface area contributed by atoms with Crippen molar-refractivity contribution >= 4 is 34.1 Å². The quantitative estimate of drug-likeness (QED) is 0.611. The number of aromatic amines is 1. The van der Waals surface area contributed by atoms with E-state index in [4.69, 9.17) is 23.1 Å². The molecule has 0 aliphatic rings. The summed E-state index contributed by atoms with van der Waals surface area (Å²) < 4.78 is 1.41. The summed E-state index contributed by atoms with van der Waals surface area (Å²) >= 11 is 5.92. The number of H-pyrrole nitrogens is 1. The van der Waals surface area contributed by atoms with Crippen molar-refractivity contribution in [2.24, 2.45) is 0 Å². The molecule has 7 nitrogen and oxygen atoms in total. The first kappa shape index (κ1) is 11.5. The minimum Gasteiger partial charge on any atom is -0.383 e. The van der Waals surface area contributed by atoms with Crippen molar-refractivity contribution in [2.75, 3.05) is 11.5 Å². The molecule has 2 heterocycles. The van der Waals surface area contributed by atoms with E-state index in [0.717, 1.165) is 0 Å². The number of anilines is 2. The maximum atomic E-state index is 11.7. The second-order valence-corrected chi connectivity index (χ2v) is 4.37. The fourth-order valence-corrected chi connectivity index (χ4v) is 2.05. The number of benzene rings is 1. The molecule has 0 saturated carbocycles. The first-order valence-electron chi connectivity index (χ1n) is 5.36. The van der Waals surface area contributed by atoms with Gasteiger partial charge < -0.3 is 11.5 Å². The highest BCUT2D eigenvalue weighted by Gasteiger charge is 2.16. The summed E-state index contributed by atoms with van der Waals surface area (Å²) in [6, 6.07) is 6.94. The summed E-state index contributed by atoms with van der Waals surface area (Å²) in [7, 11) is 0. The van der Waals surface area contributed by atoms with Crippen LogP contribution in [0.15, 0.2) is 29.1 Å². The average Bonchev–Trinajstić information content (AvgIpc) is 2.73. The fourth-order valence-electron chi connectivity index (χ4n) is 1.87. The van der Waals surface area contributed by atoms with Crippen LogP contribution in [0, 0.1) is 0 Å². The molecule has 1 aromatic carbocycles. The molecule has 0 radical (unpaired) electrons. The Morgan fingerprint density at radius 3 is 2.79 bits per heavy atom. The van der Waals surface area contributed by atoms with Gasteiger partial charge in [-0.25, -0.2) is 9.78 Å². The number of nitrogens with one attached hydrogen (secondary N) is 1. The van der Waals surface area contributed by atoms with Crippen LogP contribution in [-0.2, 0) is 0 Å². The van der Waals surface area contributed by atoms with Gasteiger partial charge in [0.2, 0.25) is 0 Å². The summed E-state index contributed by atoms with van der Waals surface area (Å²) in [5.41, 5.74) is 12.0. The highest BCUT2D eigenvalue weighted by molar-refractivity contribution is 6.30. The van der Waals surface area contributed by atoms with Crippen LogP contribution in [0.1, 0.15) is 0 Å². The minimum absolute atomic E-state index is 0.125. The Labute approximate surface area is 111 Å². The zero-order chi connectivity index (χ0) is 13.6. The van der Waals surface area contributed by atoms with Gasteiger partial charge in [-0.1, -0.05) is 17.7 Å². The van der Waals surface area contributed by atoms with Crippen molar-refractivity contribution in [2.45, 2.75) is 0 Å². The van der Waals surface area contributed by atoms with Crippen LogP contribution in [0.25, 0.3) is 16.6 Å². The Kier molecular flexibility index (Phi) is 2.42. The van der Waals surface area contributed by atoms with E-state index >= 15 is 0 Å². The molecule has 2 aromatic heterocycles. The van der Waals surface area contributed by atoms with Gasteiger partial charge in [0.05, 0.1) is 11.1 Å². The number of fused-ring (bicyclic) bond motifs is 1. The normalized spacial score (nSPS) is 11.0. The zero-order valence-corrected chi connectivity index (χ0v) is 10.3. The van der Waals surface area contributed by atoms with Gasteiger partial charge in [-0.15, -0.1) is 0 Å². The van der Waals surface area contributed by atoms with Gasteiger partial charge >= 0.3 is 0 Å². The molecular weight excluding hydrogens is 268 g/mol. The second-order valence-electron chi connectivity index (χ2n) is 3.94. The molecule has 0 aliphatic carbocycles. The largest absolute Gasteiger partial charge is 0.383 e. The van der Waals surface area contributed by atoms with Crippen molar-refractivity contribution in [1.82, 2.24) is 20.0 Å². The molecule has 0 atom stereocenters. The van der Waals surface area contributed by atoms with Crippen LogP contribution < -0.4 is 17.0 Å². The number of nitrogens with zero attached hydrogens (tertiary/aromatic N) is 3. The van der Waals surface area contributed by atoms with E-state index in [1.54, 1.807) is 24.3 Å². The summed E-state index contributed by atoms with van der Waals surface area (Å²) in [6.45, 7) is 0. The number of halogens is 1. The SMILES string of the molecule is Nc1n[nH]c(=O)c2nn(-c3cccc(Cl)c3)c(N)c12. The molecular formula is C11H9ClN6O. The molecule has 0 amide bonds. The third-order valence-corrected chi connectivity index (χ3v) is 2.96. The molecule has 5 N–H and O–H groups in total. The van der Waals surface area contributed by atoms with E-state index < -0.39 is 5.56 Å². The van der Waals surface area contributed by atoms with E-state index in [2.05, 4.69) is 15.3 Å². The summed E-state index contributed by atoms with van der Waals surface area (Å²) in [4.78, 5) is 11.7. The molecule has 3 aromatic rings. The highest BCUT2D eigenvalue weighted by Crippen LogP contribution is 2.25. The fraction of sp³-hybridized carbons (Fsp3) is 0. The Balaban J connectivity index is 2.38. The monoisotopic (exact) mass is 276 g/mol. The van der Waals surface area contributed by atoms with E-state index in [1.165, 1.54) is 4.68 Å². The number of hydrogen-bond acceptors (Lipinski definition) is 5. The predicted molar refractivity (Wildman–Crippen MR) is 73.3 cm³/mol. The first-order valence-corrected chi connectivity index (χ1v) is 5.74. The van der Waals surface area contributed by atoms with Gasteiger partial charge in [0, 0.05) is 5.02 Å². The van der Waals surface area contributed by atoms with Crippen molar-refractivity contribution < 1.29 is 0 Å². The maximum absolute atomic E-state index is 11.7. The van der Waals surface area contributed by atoms with Gasteiger partial charge in [0.25, 0.3) is 5.56 Å². The number of nitrogens with two attached hydrogens (primary N) is 2. The lowest BCUT2D eigenvalue weighted by molar-refractivity contribution is 0.901. The molecule has 19 heavy (non-hydrogen) atoms. The Bertz CT molecular complexity index is 837. The van der Waals surface area contributed by atoms with Crippen LogP contribution in [0.2, 0.25) is 5.02 Å². The van der Waals surface area contributed by atoms with Crippen molar-refractivity contribution in [3.63, 3.8) is 0 Å². The predicted octanol–water partition coefficient (Wildman–Crippen LogP) is 0.927. The zero-order valence-electron chi connectivity index (χ0n) is 9.59. The van der Waals surface area contributed by atoms with E-state index in [1.807, 2.05) is 0 Å². The van der Waals surface area contributed by atoms with Gasteiger partial charge in [-0.3, -0.25) is 4.79 Å². The average molecular weight is 277 g/mol. The molecule has 96 valence electrons. The van der Waals surface area contributed by atoms with Crippen LogP contribution in [0.3, 0.4) is 0 Å². The van der Waals surface area contributed by atoms with Crippen LogP contribution >= 0.6 is 11.6 Å². The summed E-state index contributed by atoms with van der Waals surface area (Å²) in [5.74, 6) is 0.369. The van der Waals surface area contributed by atoms with E-state index in [-0.39, 0.29) is 17.2 Å². The van der Waals surface area contributed by atoms with Crippen LogP contribution in [0.4, 0.5) is 11.6 Å². The summed E-state index contributed by atoms with van der Waals surface area (Å²) in [5, 5.41) is 11.0. The molecule has 0 unspecified atom stereocenters. The third kappa shape index (κ3) is 1.71. The number of aromatic nitrogens is 4. The molecule has 0 bridgehead atoms. The number of nitrogen functional groups attached to an aromatic ring is 2. The van der Waals surface area contributed by atoms with Gasteiger partial charge in [0.15, 0.2) is 11.3 Å². The lowest BCUT2D eigenvalue weighted by Crippen LogP contribution is -2.10. The van der Waals surface area contributed by atoms with E-state index in [0.29, 0.717) is 16.1 Å². The molecule has 0 saturated heterocycles. The third-order valence-electron chi connectivity index (χ3n) is 2.72. The van der Waals surface area contributed by atoms with Gasteiger partial charge in [0.1, 0.15) is 5.82 Å². The van der Waals surface area contributed by atoms with Crippen LogP contribution in [-0.4, -0.2) is 20.0 Å². The maximum Gasteiger partial charge on any atom is 0.292 e. The van der Waals surface area contributed by atoms with Gasteiger partial charge in [-0.2, -0.15) is 10.2 Å². The van der Waals surface area contributed by atoms with E-state index in [9.17, 15) is 4.79 Å². The Morgan fingerprint density at radius 2 is 2.11 bits per heavy atom. The lowest BCUT2D eigenvalue weighted by Gasteiger charge is -2.03. The summed E-state index contributed by atoms with van der Waals surface area (Å²) in [6.07, 6.45) is 0. The molecule has 0 spiro atoms. The lowest BCUT2D eigenvalue weighted by atomic mass is 10.3. The van der Waals surface area contributed by atoms with Crippen LogP contribution in [0.5, 0.6) is 0 Å². The van der Waals surface area contributed by atoms with Crippen molar-refractivity contribution in [3.05, 3.63) is 39.6 Å². The van der Waals surface area contributed by atoms with Gasteiger partial charge in [-0.05, 0) is 18.2 Å². The number of hydrogen-bond donors (Lipinski definition) is 3. The Hall–Kier alpha value is -2.54. The standard InChI is InChI=1S/C11H9ClN6O/c12-5-2-1-3-6(4-5)18-10(14)7-8(17-18)11(19)16-15-9(7)13/h1-4H,14H2,(H2,13,15)(H,16,19). The second kappa shape index (κ2) is 3.99. The molecule has 0 aliphatic heterocycles.